The zero-order valence-corrected chi connectivity index (χ0v) is 21.1. The van der Waals surface area contributed by atoms with Crippen molar-refractivity contribution in [3.8, 4) is 17.2 Å². The van der Waals surface area contributed by atoms with Crippen LogP contribution in [-0.2, 0) is 4.79 Å². The highest BCUT2D eigenvalue weighted by molar-refractivity contribution is 5.74. The number of carboxylic acid groups (broad SMARTS) is 1. The minimum atomic E-state index is -0.852. The standard InChI is InChI=1S/C27H35N3O6/c1-4-12-29(27(33)28-5-2)13-14-30-16-21(19-8-11-22-23(15-19)36-17-35-22)24(26(31)32)25(30)18-6-9-20(34-3)10-7-18/h6-11,15,21,24-25H,4-5,12-14,16-17H2,1-3H3,(H,28,33)(H,31,32). The van der Waals surface area contributed by atoms with Gasteiger partial charge in [0.1, 0.15) is 5.75 Å². The molecule has 3 atom stereocenters. The molecule has 2 aromatic carbocycles. The number of hydrogen-bond acceptors (Lipinski definition) is 6. The van der Waals surface area contributed by atoms with Gasteiger partial charge in [0.05, 0.1) is 13.0 Å². The fourth-order valence-corrected chi connectivity index (χ4v) is 5.24. The molecule has 1 fully saturated rings. The Labute approximate surface area is 211 Å². The molecule has 2 aliphatic rings. The average molecular weight is 498 g/mol. The van der Waals surface area contributed by atoms with Gasteiger partial charge in [-0.05, 0) is 48.7 Å². The molecule has 0 saturated carbocycles. The molecule has 9 nitrogen and oxygen atoms in total. The third-order valence-corrected chi connectivity index (χ3v) is 6.93. The van der Waals surface area contributed by atoms with E-state index in [9.17, 15) is 14.7 Å². The molecular weight excluding hydrogens is 462 g/mol. The Morgan fingerprint density at radius 3 is 2.47 bits per heavy atom. The summed E-state index contributed by atoms with van der Waals surface area (Å²) in [6.07, 6.45) is 0.844. The molecule has 1 saturated heterocycles. The van der Waals surface area contributed by atoms with Gasteiger partial charge in [-0.15, -0.1) is 0 Å². The number of amides is 2. The van der Waals surface area contributed by atoms with Gasteiger partial charge in [0.15, 0.2) is 11.5 Å². The predicted molar refractivity (Wildman–Crippen MR) is 135 cm³/mol. The van der Waals surface area contributed by atoms with Gasteiger partial charge < -0.3 is 29.5 Å². The quantitative estimate of drug-likeness (QED) is 0.516. The molecule has 2 aromatic rings. The largest absolute Gasteiger partial charge is 0.497 e. The summed E-state index contributed by atoms with van der Waals surface area (Å²) in [6.45, 7) is 6.91. The van der Waals surface area contributed by atoms with Gasteiger partial charge in [-0.3, -0.25) is 9.69 Å². The van der Waals surface area contributed by atoms with Crippen molar-refractivity contribution < 1.29 is 28.9 Å². The van der Waals surface area contributed by atoms with Crippen molar-refractivity contribution in [2.45, 2.75) is 32.2 Å². The summed E-state index contributed by atoms with van der Waals surface area (Å²) in [5.41, 5.74) is 1.81. The average Bonchev–Trinajstić information content (AvgIpc) is 3.51. The van der Waals surface area contributed by atoms with Crippen molar-refractivity contribution in [1.82, 2.24) is 15.1 Å². The van der Waals surface area contributed by atoms with Gasteiger partial charge in [-0.25, -0.2) is 4.79 Å². The second kappa shape index (κ2) is 11.5. The van der Waals surface area contributed by atoms with E-state index in [0.29, 0.717) is 50.0 Å². The molecular formula is C27H35N3O6. The molecule has 0 bridgehead atoms. The van der Waals surface area contributed by atoms with E-state index in [1.165, 1.54) is 0 Å². The van der Waals surface area contributed by atoms with E-state index in [-0.39, 0.29) is 24.8 Å². The van der Waals surface area contributed by atoms with Crippen LogP contribution in [0.1, 0.15) is 43.4 Å². The summed E-state index contributed by atoms with van der Waals surface area (Å²) in [6, 6.07) is 12.8. The summed E-state index contributed by atoms with van der Waals surface area (Å²) < 4.78 is 16.3. The Kier molecular flexibility index (Phi) is 8.20. The van der Waals surface area contributed by atoms with Gasteiger partial charge in [-0.1, -0.05) is 25.1 Å². The van der Waals surface area contributed by atoms with Crippen molar-refractivity contribution in [2.24, 2.45) is 5.92 Å². The van der Waals surface area contributed by atoms with Crippen LogP contribution < -0.4 is 19.5 Å². The number of likely N-dealkylation sites (tertiary alicyclic amines) is 1. The fourth-order valence-electron chi connectivity index (χ4n) is 5.24. The molecule has 0 spiro atoms. The number of methoxy groups -OCH3 is 1. The van der Waals surface area contributed by atoms with Crippen LogP contribution in [0.3, 0.4) is 0 Å². The smallest absolute Gasteiger partial charge is 0.317 e. The van der Waals surface area contributed by atoms with E-state index in [1.54, 1.807) is 12.0 Å². The first kappa shape index (κ1) is 25.6. The van der Waals surface area contributed by atoms with Crippen LogP contribution in [0.25, 0.3) is 0 Å². The highest BCUT2D eigenvalue weighted by atomic mass is 16.7. The van der Waals surface area contributed by atoms with Gasteiger partial charge >= 0.3 is 12.0 Å². The summed E-state index contributed by atoms with van der Waals surface area (Å²) >= 11 is 0. The second-order valence-corrected chi connectivity index (χ2v) is 9.12. The van der Waals surface area contributed by atoms with E-state index in [4.69, 9.17) is 14.2 Å². The fraction of sp³-hybridized carbons (Fsp3) is 0.481. The number of carbonyl (C=O) groups is 2. The van der Waals surface area contributed by atoms with E-state index >= 15 is 0 Å². The molecule has 4 rings (SSSR count). The third-order valence-electron chi connectivity index (χ3n) is 6.93. The summed E-state index contributed by atoms with van der Waals surface area (Å²) in [4.78, 5) is 29.3. The maximum absolute atomic E-state index is 12.7. The summed E-state index contributed by atoms with van der Waals surface area (Å²) in [7, 11) is 1.61. The topological polar surface area (TPSA) is 101 Å². The minimum Gasteiger partial charge on any atom is -0.497 e. The maximum atomic E-state index is 12.7. The molecule has 36 heavy (non-hydrogen) atoms. The lowest BCUT2D eigenvalue weighted by molar-refractivity contribution is -0.143. The molecule has 2 aliphatic heterocycles. The molecule has 194 valence electrons. The summed E-state index contributed by atoms with van der Waals surface area (Å²) in [5.74, 6) is 0.241. The third kappa shape index (κ3) is 5.36. The monoisotopic (exact) mass is 497 g/mol. The number of urea groups is 1. The molecule has 0 aromatic heterocycles. The zero-order chi connectivity index (χ0) is 25.7. The highest BCUT2D eigenvalue weighted by Crippen LogP contribution is 2.47. The number of carbonyl (C=O) groups excluding carboxylic acids is 1. The second-order valence-electron chi connectivity index (χ2n) is 9.12. The predicted octanol–water partition coefficient (Wildman–Crippen LogP) is 3.71. The number of rotatable bonds is 10. The van der Waals surface area contributed by atoms with Crippen LogP contribution in [0.4, 0.5) is 4.79 Å². The SMILES string of the molecule is CCCN(CCN1CC(c2ccc3c(c2)OCO3)C(C(=O)O)C1c1ccc(OC)cc1)C(=O)NCC. The van der Waals surface area contributed by atoms with Crippen molar-refractivity contribution in [3.63, 3.8) is 0 Å². The lowest BCUT2D eigenvalue weighted by Gasteiger charge is -2.30. The number of ether oxygens (including phenoxy) is 3. The van der Waals surface area contributed by atoms with Crippen LogP contribution in [0.2, 0.25) is 0 Å². The number of carboxylic acids is 1. The van der Waals surface area contributed by atoms with Crippen molar-refractivity contribution in [1.29, 1.82) is 0 Å². The van der Waals surface area contributed by atoms with Gasteiger partial charge in [0, 0.05) is 44.7 Å². The lowest BCUT2D eigenvalue weighted by Crippen LogP contribution is -2.44. The van der Waals surface area contributed by atoms with Crippen molar-refractivity contribution in [3.05, 3.63) is 53.6 Å². The number of hydrogen-bond donors (Lipinski definition) is 2. The van der Waals surface area contributed by atoms with Gasteiger partial charge in [-0.2, -0.15) is 0 Å². The van der Waals surface area contributed by atoms with Crippen molar-refractivity contribution >= 4 is 12.0 Å². The minimum absolute atomic E-state index is 0.0957. The van der Waals surface area contributed by atoms with Crippen LogP contribution in [0.15, 0.2) is 42.5 Å². The number of benzene rings is 2. The van der Waals surface area contributed by atoms with E-state index in [0.717, 1.165) is 17.5 Å². The Bertz CT molecular complexity index is 1060. The van der Waals surface area contributed by atoms with Gasteiger partial charge in [0.2, 0.25) is 6.79 Å². The molecule has 3 unspecified atom stereocenters. The maximum Gasteiger partial charge on any atom is 0.317 e. The van der Waals surface area contributed by atoms with E-state index in [2.05, 4.69) is 10.2 Å². The zero-order valence-electron chi connectivity index (χ0n) is 21.1. The van der Waals surface area contributed by atoms with Crippen LogP contribution in [0, 0.1) is 5.92 Å². The van der Waals surface area contributed by atoms with Gasteiger partial charge in [0.25, 0.3) is 0 Å². The Morgan fingerprint density at radius 1 is 1.08 bits per heavy atom. The molecule has 0 aliphatic carbocycles. The Balaban J connectivity index is 1.66. The molecule has 2 amide bonds. The molecule has 0 radical (unpaired) electrons. The normalized spacial score (nSPS) is 20.8. The first-order valence-electron chi connectivity index (χ1n) is 12.5. The molecule has 2 heterocycles. The molecule has 2 N–H and O–H groups in total. The van der Waals surface area contributed by atoms with Crippen molar-refractivity contribution in [2.75, 3.05) is 46.6 Å². The van der Waals surface area contributed by atoms with Crippen LogP contribution in [0.5, 0.6) is 17.2 Å². The highest BCUT2D eigenvalue weighted by Gasteiger charge is 2.47. The number of aliphatic carboxylic acids is 1. The van der Waals surface area contributed by atoms with E-state index < -0.39 is 11.9 Å². The Morgan fingerprint density at radius 2 is 1.81 bits per heavy atom. The number of nitrogens with one attached hydrogen (secondary N) is 1. The van der Waals surface area contributed by atoms with Crippen LogP contribution >= 0.6 is 0 Å². The summed E-state index contributed by atoms with van der Waals surface area (Å²) in [5, 5.41) is 13.3. The number of nitrogens with zero attached hydrogens (tertiary/aromatic N) is 2. The lowest BCUT2D eigenvalue weighted by atomic mass is 9.82. The van der Waals surface area contributed by atoms with Crippen LogP contribution in [-0.4, -0.2) is 73.5 Å². The first-order valence-corrected chi connectivity index (χ1v) is 12.5. The van der Waals surface area contributed by atoms with E-state index in [1.807, 2.05) is 56.3 Å². The molecule has 9 heteroatoms. The first-order chi connectivity index (χ1) is 17.5. The number of fused-ring (bicyclic) bond motifs is 1. The Hall–Kier alpha value is -3.46.